The van der Waals surface area contributed by atoms with E-state index >= 15 is 0 Å². The molecular weight excluding hydrogens is 179 g/mol. The Morgan fingerprint density at radius 3 is 2.50 bits per heavy atom. The van der Waals surface area contributed by atoms with Gasteiger partial charge in [-0.25, -0.2) is 0 Å². The van der Waals surface area contributed by atoms with Gasteiger partial charge in [0.05, 0.1) is 12.7 Å². The van der Waals surface area contributed by atoms with Crippen LogP contribution < -0.4 is 0 Å². The van der Waals surface area contributed by atoms with E-state index in [1.807, 2.05) is 0 Å². The van der Waals surface area contributed by atoms with Gasteiger partial charge in [-0.05, 0) is 6.42 Å². The summed E-state index contributed by atoms with van der Waals surface area (Å²) in [6, 6.07) is 0.245. The number of rotatable bonds is 4. The SMILES string of the molecule is B[C@@H]1OC(CC)(COC)C(OC)C1C. The van der Waals surface area contributed by atoms with Crippen LogP contribution in [0.4, 0.5) is 0 Å². The highest BCUT2D eigenvalue weighted by Crippen LogP contribution is 2.38. The topological polar surface area (TPSA) is 27.7 Å². The Balaban J connectivity index is 2.83. The molecule has 3 nitrogen and oxygen atoms in total. The second kappa shape index (κ2) is 4.64. The molecule has 0 N–H and O–H groups in total. The first-order chi connectivity index (χ1) is 6.61. The molecule has 3 unspecified atom stereocenters. The van der Waals surface area contributed by atoms with Gasteiger partial charge < -0.3 is 14.2 Å². The molecule has 0 radical (unpaired) electrons. The molecule has 0 spiro atoms. The highest BCUT2D eigenvalue weighted by molar-refractivity contribution is 6.11. The predicted octanol–water partition coefficient (Wildman–Crippen LogP) is 0.422. The molecule has 0 aromatic carbocycles. The minimum absolute atomic E-state index is 0.141. The van der Waals surface area contributed by atoms with Crippen molar-refractivity contribution in [3.8, 4) is 0 Å². The summed E-state index contributed by atoms with van der Waals surface area (Å²) in [5.41, 5.74) is -0.248. The van der Waals surface area contributed by atoms with Gasteiger partial charge in [0.1, 0.15) is 13.4 Å². The standard InChI is InChI=1S/C10H21BO3/c1-5-10(6-12-3)8(13-4)7(2)9(11)14-10/h7-9H,5-6,11H2,1-4H3/t7?,8?,9-,10?/m1/s1. The minimum atomic E-state index is -0.248. The third-order valence-corrected chi connectivity index (χ3v) is 3.40. The van der Waals surface area contributed by atoms with Crippen LogP contribution in [0.3, 0.4) is 0 Å². The van der Waals surface area contributed by atoms with Gasteiger partial charge in [0, 0.05) is 26.1 Å². The lowest BCUT2D eigenvalue weighted by molar-refractivity contribution is -0.118. The average molecular weight is 200 g/mol. The average Bonchev–Trinajstić information content (AvgIpc) is 2.40. The van der Waals surface area contributed by atoms with Crippen molar-refractivity contribution in [1.82, 2.24) is 0 Å². The number of ether oxygens (including phenoxy) is 3. The highest BCUT2D eigenvalue weighted by atomic mass is 16.6. The molecule has 1 fully saturated rings. The first kappa shape index (κ1) is 12.0. The fourth-order valence-electron chi connectivity index (χ4n) is 2.45. The van der Waals surface area contributed by atoms with Crippen molar-refractivity contribution in [1.29, 1.82) is 0 Å². The van der Waals surface area contributed by atoms with Crippen molar-refractivity contribution < 1.29 is 14.2 Å². The molecule has 1 rings (SSSR count). The van der Waals surface area contributed by atoms with Crippen molar-refractivity contribution in [2.45, 2.75) is 38.0 Å². The molecule has 14 heavy (non-hydrogen) atoms. The molecule has 0 saturated carbocycles. The lowest BCUT2D eigenvalue weighted by Crippen LogP contribution is -2.45. The normalized spacial score (nSPS) is 43.0. The fourth-order valence-corrected chi connectivity index (χ4v) is 2.45. The largest absolute Gasteiger partial charge is 0.382 e. The molecule has 82 valence electrons. The summed E-state index contributed by atoms with van der Waals surface area (Å²) in [4.78, 5) is 0. The van der Waals surface area contributed by atoms with E-state index in [2.05, 4.69) is 21.7 Å². The van der Waals surface area contributed by atoms with Gasteiger partial charge in [-0.2, -0.15) is 0 Å². The molecule has 1 heterocycles. The van der Waals surface area contributed by atoms with Crippen LogP contribution in [0.25, 0.3) is 0 Å². The van der Waals surface area contributed by atoms with E-state index in [1.54, 1.807) is 14.2 Å². The second-order valence-corrected chi connectivity index (χ2v) is 4.19. The van der Waals surface area contributed by atoms with Gasteiger partial charge in [0.2, 0.25) is 0 Å². The summed E-state index contributed by atoms with van der Waals surface area (Å²) in [5.74, 6) is 0.426. The zero-order chi connectivity index (χ0) is 10.8. The van der Waals surface area contributed by atoms with Crippen molar-refractivity contribution in [3.05, 3.63) is 0 Å². The lowest BCUT2D eigenvalue weighted by atomic mass is 9.82. The summed E-state index contributed by atoms with van der Waals surface area (Å²) in [5, 5.41) is 0. The number of hydrogen-bond acceptors (Lipinski definition) is 3. The molecule has 0 aromatic rings. The van der Waals surface area contributed by atoms with Crippen LogP contribution in [-0.2, 0) is 14.2 Å². The Morgan fingerprint density at radius 2 is 2.07 bits per heavy atom. The first-order valence-corrected chi connectivity index (χ1v) is 5.30. The van der Waals surface area contributed by atoms with Crippen LogP contribution in [0.5, 0.6) is 0 Å². The Bertz CT molecular complexity index is 188. The minimum Gasteiger partial charge on any atom is -0.382 e. The van der Waals surface area contributed by atoms with E-state index in [0.29, 0.717) is 12.5 Å². The Morgan fingerprint density at radius 1 is 1.43 bits per heavy atom. The highest BCUT2D eigenvalue weighted by Gasteiger charge is 2.50. The van der Waals surface area contributed by atoms with E-state index in [-0.39, 0.29) is 17.7 Å². The van der Waals surface area contributed by atoms with Crippen LogP contribution in [0, 0.1) is 5.92 Å². The van der Waals surface area contributed by atoms with Crippen LogP contribution in [0.2, 0.25) is 0 Å². The molecule has 0 aliphatic carbocycles. The second-order valence-electron chi connectivity index (χ2n) is 4.19. The van der Waals surface area contributed by atoms with Gasteiger partial charge >= 0.3 is 0 Å². The van der Waals surface area contributed by atoms with Crippen LogP contribution in [0.1, 0.15) is 20.3 Å². The summed E-state index contributed by atoms with van der Waals surface area (Å²) >= 11 is 0. The van der Waals surface area contributed by atoms with Crippen LogP contribution in [0.15, 0.2) is 0 Å². The first-order valence-electron chi connectivity index (χ1n) is 5.30. The van der Waals surface area contributed by atoms with E-state index in [9.17, 15) is 0 Å². The Kier molecular flexibility index (Phi) is 3.99. The zero-order valence-corrected chi connectivity index (χ0v) is 9.87. The molecule has 4 atom stereocenters. The van der Waals surface area contributed by atoms with Crippen molar-refractivity contribution in [2.75, 3.05) is 20.8 Å². The summed E-state index contributed by atoms with van der Waals surface area (Å²) < 4.78 is 16.8. The smallest absolute Gasteiger partial charge is 0.139 e. The van der Waals surface area contributed by atoms with E-state index in [1.165, 1.54) is 0 Å². The van der Waals surface area contributed by atoms with Gasteiger partial charge in [0.25, 0.3) is 0 Å². The van der Waals surface area contributed by atoms with Gasteiger partial charge in [-0.1, -0.05) is 13.8 Å². The maximum atomic E-state index is 6.00. The molecule has 4 heteroatoms. The molecule has 1 aliphatic heterocycles. The molecular formula is C10H21BO3. The molecule has 0 amide bonds. The van der Waals surface area contributed by atoms with Crippen LogP contribution >= 0.6 is 0 Å². The Hall–Kier alpha value is -0.0551. The molecule has 0 aromatic heterocycles. The maximum absolute atomic E-state index is 6.00. The summed E-state index contributed by atoms with van der Waals surface area (Å²) in [7, 11) is 5.56. The molecule has 1 saturated heterocycles. The van der Waals surface area contributed by atoms with E-state index < -0.39 is 0 Å². The fraction of sp³-hybridized carbons (Fsp3) is 1.00. The third-order valence-electron chi connectivity index (χ3n) is 3.40. The number of hydrogen-bond donors (Lipinski definition) is 0. The van der Waals surface area contributed by atoms with Gasteiger partial charge in [-0.15, -0.1) is 0 Å². The quantitative estimate of drug-likeness (QED) is 0.615. The monoisotopic (exact) mass is 200 g/mol. The third kappa shape index (κ3) is 1.83. The zero-order valence-electron chi connectivity index (χ0n) is 9.87. The Labute approximate surface area is 87.5 Å². The van der Waals surface area contributed by atoms with Crippen LogP contribution in [-0.4, -0.2) is 46.4 Å². The van der Waals surface area contributed by atoms with Gasteiger partial charge in [0.15, 0.2) is 0 Å². The van der Waals surface area contributed by atoms with Crippen molar-refractivity contribution in [3.63, 3.8) is 0 Å². The summed E-state index contributed by atoms with van der Waals surface area (Å²) in [6.45, 7) is 4.90. The van der Waals surface area contributed by atoms with Crippen molar-refractivity contribution in [2.24, 2.45) is 5.92 Å². The molecule has 0 bridgehead atoms. The van der Waals surface area contributed by atoms with Crippen molar-refractivity contribution >= 4 is 7.85 Å². The summed E-state index contributed by atoms with van der Waals surface area (Å²) in [6.07, 6.45) is 1.07. The van der Waals surface area contributed by atoms with E-state index in [4.69, 9.17) is 14.2 Å². The predicted molar refractivity (Wildman–Crippen MR) is 58.3 cm³/mol. The molecule has 1 aliphatic rings. The van der Waals surface area contributed by atoms with E-state index in [0.717, 1.165) is 6.42 Å². The lowest BCUT2D eigenvalue weighted by Gasteiger charge is -2.32. The van der Waals surface area contributed by atoms with Gasteiger partial charge in [-0.3, -0.25) is 0 Å². The number of methoxy groups -OCH3 is 2. The maximum Gasteiger partial charge on any atom is 0.139 e.